The molecule has 0 radical (unpaired) electrons. The lowest BCUT2D eigenvalue weighted by molar-refractivity contribution is 0.0259. The predicted octanol–water partition coefficient (Wildman–Crippen LogP) is 1.80. The first kappa shape index (κ1) is 11.4. The third-order valence-electron chi connectivity index (χ3n) is 2.70. The maximum Gasteiger partial charge on any atom is 0.165 e. The minimum Gasteiger partial charge on any atom is -0.493 e. The van der Waals surface area contributed by atoms with Crippen LogP contribution in [-0.2, 0) is 4.74 Å². The summed E-state index contributed by atoms with van der Waals surface area (Å²) in [7, 11) is 1.48. The van der Waals surface area contributed by atoms with Gasteiger partial charge >= 0.3 is 0 Å². The topological polar surface area (TPSA) is 30.5 Å². The van der Waals surface area contributed by atoms with Gasteiger partial charge < -0.3 is 14.8 Å². The van der Waals surface area contributed by atoms with Crippen LogP contribution >= 0.6 is 0 Å². The lowest BCUT2D eigenvalue weighted by atomic mass is 10.0. The van der Waals surface area contributed by atoms with Crippen molar-refractivity contribution in [3.05, 3.63) is 29.1 Å². The number of hydrogen-bond acceptors (Lipinski definition) is 3. The van der Waals surface area contributed by atoms with Gasteiger partial charge in [-0.2, -0.15) is 0 Å². The monoisotopic (exact) mass is 225 g/mol. The van der Waals surface area contributed by atoms with E-state index in [1.165, 1.54) is 13.2 Å². The van der Waals surface area contributed by atoms with E-state index >= 15 is 0 Å². The van der Waals surface area contributed by atoms with E-state index in [-0.39, 0.29) is 11.9 Å². The summed E-state index contributed by atoms with van der Waals surface area (Å²) in [5, 5.41) is 3.22. The van der Waals surface area contributed by atoms with Crippen LogP contribution < -0.4 is 10.1 Å². The van der Waals surface area contributed by atoms with Crippen molar-refractivity contribution < 1.29 is 13.9 Å². The van der Waals surface area contributed by atoms with Crippen molar-refractivity contribution in [3.8, 4) is 5.75 Å². The lowest BCUT2D eigenvalue weighted by Gasteiger charge is -2.25. The lowest BCUT2D eigenvalue weighted by Crippen LogP contribution is -2.33. The second kappa shape index (κ2) is 4.80. The van der Waals surface area contributed by atoms with E-state index in [0.717, 1.165) is 17.7 Å². The van der Waals surface area contributed by atoms with Gasteiger partial charge in [0, 0.05) is 18.7 Å². The Bertz CT molecular complexity index is 376. The van der Waals surface area contributed by atoms with Crippen LogP contribution in [-0.4, -0.2) is 26.8 Å². The van der Waals surface area contributed by atoms with Gasteiger partial charge in [0.1, 0.15) is 0 Å². The van der Waals surface area contributed by atoms with E-state index in [4.69, 9.17) is 9.47 Å². The summed E-state index contributed by atoms with van der Waals surface area (Å²) in [5.74, 6) is -0.0361. The van der Waals surface area contributed by atoms with Gasteiger partial charge in [0.25, 0.3) is 0 Å². The molecule has 0 saturated carbocycles. The number of rotatable bonds is 2. The molecule has 1 aromatic rings. The van der Waals surface area contributed by atoms with E-state index in [0.29, 0.717) is 18.9 Å². The summed E-state index contributed by atoms with van der Waals surface area (Å²) in [5.41, 5.74) is 1.66. The first-order valence-electron chi connectivity index (χ1n) is 5.38. The van der Waals surface area contributed by atoms with Crippen LogP contribution in [0.5, 0.6) is 5.75 Å². The van der Waals surface area contributed by atoms with Gasteiger partial charge in [-0.15, -0.1) is 0 Å². The Morgan fingerprint density at radius 2 is 2.31 bits per heavy atom. The van der Waals surface area contributed by atoms with Crippen molar-refractivity contribution in [1.82, 2.24) is 5.32 Å². The van der Waals surface area contributed by atoms with Gasteiger partial charge in [0.05, 0.1) is 19.8 Å². The molecule has 1 aromatic carbocycles. The van der Waals surface area contributed by atoms with Gasteiger partial charge in [0.2, 0.25) is 0 Å². The second-order valence-electron chi connectivity index (χ2n) is 3.93. The summed E-state index contributed by atoms with van der Waals surface area (Å²) < 4.78 is 24.4. The van der Waals surface area contributed by atoms with Crippen molar-refractivity contribution in [3.63, 3.8) is 0 Å². The highest BCUT2D eigenvalue weighted by Gasteiger charge is 2.22. The molecule has 1 atom stereocenters. The van der Waals surface area contributed by atoms with Crippen LogP contribution in [0.2, 0.25) is 0 Å². The SMILES string of the molecule is COc1c(F)cc(C)cc1C1CNCCO1. The average molecular weight is 225 g/mol. The molecule has 16 heavy (non-hydrogen) atoms. The Morgan fingerprint density at radius 3 is 2.94 bits per heavy atom. The van der Waals surface area contributed by atoms with Crippen LogP contribution in [0.15, 0.2) is 12.1 Å². The smallest absolute Gasteiger partial charge is 0.165 e. The average Bonchev–Trinajstić information content (AvgIpc) is 2.29. The maximum absolute atomic E-state index is 13.7. The Balaban J connectivity index is 2.36. The molecule has 1 aliphatic rings. The molecule has 1 aliphatic heterocycles. The molecule has 1 saturated heterocycles. The van der Waals surface area contributed by atoms with Crippen LogP contribution in [0.3, 0.4) is 0 Å². The quantitative estimate of drug-likeness (QED) is 0.832. The maximum atomic E-state index is 13.7. The molecule has 0 aliphatic carbocycles. The van der Waals surface area contributed by atoms with Crippen molar-refractivity contribution in [1.29, 1.82) is 0 Å². The molecule has 0 spiro atoms. The Kier molecular flexibility index (Phi) is 3.41. The highest BCUT2D eigenvalue weighted by Crippen LogP contribution is 2.31. The number of halogens is 1. The number of nitrogens with one attached hydrogen (secondary N) is 1. The van der Waals surface area contributed by atoms with Crippen molar-refractivity contribution in [2.45, 2.75) is 13.0 Å². The molecule has 3 nitrogen and oxygen atoms in total. The van der Waals surface area contributed by atoms with Crippen molar-refractivity contribution >= 4 is 0 Å². The Hall–Kier alpha value is -1.13. The number of ether oxygens (including phenoxy) is 2. The number of methoxy groups -OCH3 is 1. The van der Waals surface area contributed by atoms with Gasteiger partial charge in [-0.1, -0.05) is 0 Å². The molecule has 1 N–H and O–H groups in total. The van der Waals surface area contributed by atoms with Crippen LogP contribution in [0, 0.1) is 12.7 Å². The second-order valence-corrected chi connectivity index (χ2v) is 3.93. The zero-order valence-electron chi connectivity index (χ0n) is 9.55. The molecular formula is C12H16FNO2. The molecule has 1 unspecified atom stereocenters. The van der Waals surface area contributed by atoms with Crippen LogP contribution in [0.1, 0.15) is 17.2 Å². The molecule has 4 heteroatoms. The summed E-state index contributed by atoms with van der Waals surface area (Å²) in [6, 6.07) is 3.39. The van der Waals surface area contributed by atoms with E-state index in [9.17, 15) is 4.39 Å². The van der Waals surface area contributed by atoms with Gasteiger partial charge in [-0.3, -0.25) is 0 Å². The van der Waals surface area contributed by atoms with E-state index in [2.05, 4.69) is 5.32 Å². The number of aryl methyl sites for hydroxylation is 1. The highest BCUT2D eigenvalue weighted by molar-refractivity contribution is 5.40. The molecule has 0 amide bonds. The molecule has 1 heterocycles. The molecular weight excluding hydrogens is 209 g/mol. The minimum atomic E-state index is -0.327. The van der Waals surface area contributed by atoms with Crippen LogP contribution in [0.25, 0.3) is 0 Å². The van der Waals surface area contributed by atoms with E-state index in [1.54, 1.807) is 0 Å². The first-order chi connectivity index (χ1) is 7.72. The largest absolute Gasteiger partial charge is 0.493 e. The third-order valence-corrected chi connectivity index (χ3v) is 2.70. The molecule has 0 aromatic heterocycles. The fraction of sp³-hybridized carbons (Fsp3) is 0.500. The van der Waals surface area contributed by atoms with Crippen molar-refractivity contribution in [2.24, 2.45) is 0 Å². The predicted molar refractivity (Wildman–Crippen MR) is 59.3 cm³/mol. The molecule has 2 rings (SSSR count). The normalized spacial score (nSPS) is 20.8. The summed E-state index contributed by atoms with van der Waals surface area (Å²) in [4.78, 5) is 0. The fourth-order valence-corrected chi connectivity index (χ4v) is 1.98. The minimum absolute atomic E-state index is 0.127. The number of benzene rings is 1. The number of morpholine rings is 1. The van der Waals surface area contributed by atoms with E-state index in [1.807, 2.05) is 13.0 Å². The summed E-state index contributed by atoms with van der Waals surface area (Å²) in [6.07, 6.45) is -0.127. The summed E-state index contributed by atoms with van der Waals surface area (Å²) >= 11 is 0. The van der Waals surface area contributed by atoms with Gasteiger partial charge in [0.15, 0.2) is 11.6 Å². The molecule has 0 bridgehead atoms. The van der Waals surface area contributed by atoms with Gasteiger partial charge in [-0.25, -0.2) is 4.39 Å². The molecule has 1 fully saturated rings. The van der Waals surface area contributed by atoms with Crippen molar-refractivity contribution in [2.75, 3.05) is 26.8 Å². The number of hydrogen-bond donors (Lipinski definition) is 1. The van der Waals surface area contributed by atoms with Crippen LogP contribution in [0.4, 0.5) is 4.39 Å². The zero-order chi connectivity index (χ0) is 11.5. The van der Waals surface area contributed by atoms with Gasteiger partial charge in [-0.05, 0) is 24.6 Å². The molecule has 88 valence electrons. The third kappa shape index (κ3) is 2.18. The zero-order valence-corrected chi connectivity index (χ0v) is 9.55. The standard InChI is InChI=1S/C12H16FNO2/c1-8-5-9(11-7-14-3-4-16-11)12(15-2)10(13)6-8/h5-6,11,14H,3-4,7H2,1-2H3. The van der Waals surface area contributed by atoms with E-state index < -0.39 is 0 Å². The fourth-order valence-electron chi connectivity index (χ4n) is 1.98. The Morgan fingerprint density at radius 1 is 1.50 bits per heavy atom. The Labute approximate surface area is 94.6 Å². The highest BCUT2D eigenvalue weighted by atomic mass is 19.1. The summed E-state index contributed by atoms with van der Waals surface area (Å²) in [6.45, 7) is 4.04. The first-order valence-corrected chi connectivity index (χ1v) is 5.38.